The number of hydrogen-bond donors (Lipinski definition) is 2. The Balaban J connectivity index is 1.42. The van der Waals surface area contributed by atoms with E-state index in [1.807, 2.05) is 13.8 Å². The van der Waals surface area contributed by atoms with Crippen molar-refractivity contribution in [3.8, 4) is 11.4 Å². The van der Waals surface area contributed by atoms with E-state index in [1.165, 1.54) is 0 Å². The van der Waals surface area contributed by atoms with Crippen LogP contribution in [0.25, 0.3) is 22.3 Å². The van der Waals surface area contributed by atoms with Crippen molar-refractivity contribution in [2.45, 2.75) is 38.5 Å². The number of fused-ring (bicyclic) bond motifs is 1. The molecule has 1 aliphatic heterocycles. The van der Waals surface area contributed by atoms with E-state index in [1.54, 1.807) is 36.7 Å². The Kier molecular flexibility index (Phi) is 8.46. The molecular formula is C30H26F5N5O4. The van der Waals surface area contributed by atoms with Gasteiger partial charge in [-0.3, -0.25) is 9.78 Å². The molecule has 1 fully saturated rings. The van der Waals surface area contributed by atoms with E-state index in [0.29, 0.717) is 40.0 Å². The quantitative estimate of drug-likeness (QED) is 0.286. The highest BCUT2D eigenvalue weighted by Gasteiger charge is 2.46. The molecule has 0 spiro atoms. The minimum atomic E-state index is -4.73. The first-order chi connectivity index (χ1) is 20.8. The molecule has 0 bridgehead atoms. The second kappa shape index (κ2) is 12.1. The highest BCUT2D eigenvalue weighted by Crippen LogP contribution is 2.33. The van der Waals surface area contributed by atoms with Gasteiger partial charge in [0.1, 0.15) is 29.3 Å². The van der Waals surface area contributed by atoms with Crippen LogP contribution in [0.2, 0.25) is 0 Å². The van der Waals surface area contributed by atoms with Crippen molar-refractivity contribution >= 4 is 28.5 Å². The molecule has 0 radical (unpaired) electrons. The van der Waals surface area contributed by atoms with Crippen molar-refractivity contribution in [2.75, 3.05) is 24.7 Å². The second-order valence-corrected chi connectivity index (χ2v) is 10.3. The molecule has 2 atom stereocenters. The number of alkyl halides is 3. The maximum atomic E-state index is 15.1. The molecule has 1 amide bonds. The van der Waals surface area contributed by atoms with Gasteiger partial charge in [0.15, 0.2) is 5.82 Å². The number of carbonyl (C=O) groups is 2. The van der Waals surface area contributed by atoms with Crippen LogP contribution in [-0.4, -0.2) is 70.0 Å². The summed E-state index contributed by atoms with van der Waals surface area (Å²) in [6.45, 7) is 2.61. The van der Waals surface area contributed by atoms with E-state index in [4.69, 9.17) is 4.74 Å². The summed E-state index contributed by atoms with van der Waals surface area (Å²) in [6, 6.07) is 4.14. The maximum Gasteiger partial charge on any atom is 0.411 e. The third kappa shape index (κ3) is 6.16. The van der Waals surface area contributed by atoms with E-state index < -0.39 is 59.6 Å². The van der Waals surface area contributed by atoms with Crippen LogP contribution in [0, 0.1) is 25.5 Å². The molecule has 3 heterocycles. The Bertz CT molecular complexity index is 1730. The highest BCUT2D eigenvalue weighted by molar-refractivity contribution is 5.98. The Morgan fingerprint density at radius 2 is 1.86 bits per heavy atom. The third-order valence-electron chi connectivity index (χ3n) is 7.45. The molecule has 230 valence electrons. The number of morpholine rings is 1. The van der Waals surface area contributed by atoms with Gasteiger partial charge in [0.25, 0.3) is 5.91 Å². The molecule has 1 unspecified atom stereocenters. The average molecular weight is 616 g/mol. The average Bonchev–Trinajstić information content (AvgIpc) is 2.97. The summed E-state index contributed by atoms with van der Waals surface area (Å²) in [5, 5.41) is 12.6. The lowest BCUT2D eigenvalue weighted by Crippen LogP contribution is -2.53. The molecule has 2 aromatic heterocycles. The van der Waals surface area contributed by atoms with Gasteiger partial charge in [-0.2, -0.15) is 13.2 Å². The fourth-order valence-electron chi connectivity index (χ4n) is 5.02. The molecule has 0 aliphatic carbocycles. The number of rotatable bonds is 7. The fourth-order valence-corrected chi connectivity index (χ4v) is 5.02. The molecule has 2 N–H and O–H groups in total. The maximum absolute atomic E-state index is 15.1. The fraction of sp³-hybridized carbons (Fsp3) is 0.300. The lowest BCUT2D eigenvalue weighted by Gasteiger charge is -2.38. The van der Waals surface area contributed by atoms with Gasteiger partial charge in [0, 0.05) is 47.7 Å². The molecule has 0 saturated carbocycles. The van der Waals surface area contributed by atoms with E-state index in [-0.39, 0.29) is 19.6 Å². The number of hydrogen-bond acceptors (Lipinski definition) is 7. The topological polar surface area (TPSA) is 118 Å². The van der Waals surface area contributed by atoms with Gasteiger partial charge in [-0.1, -0.05) is 12.1 Å². The summed E-state index contributed by atoms with van der Waals surface area (Å²) in [6.07, 6.45) is -1.78. The van der Waals surface area contributed by atoms with Crippen LogP contribution in [0.5, 0.6) is 0 Å². The normalized spacial score (nSPS) is 16.2. The number of pyridine rings is 1. The van der Waals surface area contributed by atoms with E-state index in [9.17, 15) is 27.9 Å². The largest absolute Gasteiger partial charge is 0.480 e. The first-order valence-electron chi connectivity index (χ1n) is 13.5. The summed E-state index contributed by atoms with van der Waals surface area (Å²) < 4.78 is 75.5. The standard InChI is InChI=1S/C30H26F5N5O4/c1-15-13-37-27(38-16(15)2)20-6-5-17(19-4-3-7-36-26(19)20)10-23(29(42)43)39-28(41)25-21(31)11-18(12-22(25)32)40-8-9-44-14-24(40)30(33,34)35/h3-7,11-13,23-24H,8-10,14H2,1-2H3,(H,39,41)(H,42,43)/t23?,24-/m1/s1. The lowest BCUT2D eigenvalue weighted by molar-refractivity contribution is -0.167. The number of aryl methyl sites for hydroxylation is 2. The smallest absolute Gasteiger partial charge is 0.411 e. The van der Waals surface area contributed by atoms with Gasteiger partial charge in [0.2, 0.25) is 0 Å². The van der Waals surface area contributed by atoms with Crippen molar-refractivity contribution in [1.82, 2.24) is 20.3 Å². The summed E-state index contributed by atoms with van der Waals surface area (Å²) in [5.41, 5.74) is 1.67. The number of carbonyl (C=O) groups excluding carboxylic acids is 1. The van der Waals surface area contributed by atoms with Crippen molar-refractivity contribution in [3.05, 3.63) is 82.8 Å². The summed E-state index contributed by atoms with van der Waals surface area (Å²) >= 11 is 0. The first-order valence-corrected chi connectivity index (χ1v) is 13.5. The minimum Gasteiger partial charge on any atom is -0.480 e. The van der Waals surface area contributed by atoms with Crippen LogP contribution >= 0.6 is 0 Å². The van der Waals surface area contributed by atoms with Crippen LogP contribution in [0.4, 0.5) is 27.6 Å². The number of ether oxygens (including phenoxy) is 1. The SMILES string of the molecule is Cc1cnc(-c2ccc(CC(NC(=O)c3c(F)cc(N4CCOC[C@@H]4C(F)(F)F)cc3F)C(=O)O)c3cccnc23)nc1C. The molecular weight excluding hydrogens is 589 g/mol. The zero-order valence-corrected chi connectivity index (χ0v) is 23.5. The van der Waals surface area contributed by atoms with Gasteiger partial charge < -0.3 is 20.1 Å². The molecule has 44 heavy (non-hydrogen) atoms. The van der Waals surface area contributed by atoms with Gasteiger partial charge in [-0.25, -0.2) is 23.5 Å². The van der Waals surface area contributed by atoms with Crippen LogP contribution < -0.4 is 10.2 Å². The molecule has 9 nitrogen and oxygen atoms in total. The summed E-state index contributed by atoms with van der Waals surface area (Å²) in [7, 11) is 0. The number of nitrogens with zero attached hydrogens (tertiary/aromatic N) is 4. The van der Waals surface area contributed by atoms with Crippen molar-refractivity contribution in [1.29, 1.82) is 0 Å². The predicted octanol–water partition coefficient (Wildman–Crippen LogP) is 4.78. The van der Waals surface area contributed by atoms with Crippen LogP contribution in [0.1, 0.15) is 27.2 Å². The monoisotopic (exact) mass is 615 g/mol. The van der Waals surface area contributed by atoms with Gasteiger partial charge in [-0.05, 0) is 49.2 Å². The van der Waals surface area contributed by atoms with Crippen molar-refractivity contribution in [2.24, 2.45) is 0 Å². The Morgan fingerprint density at radius 3 is 2.52 bits per heavy atom. The Hall–Kier alpha value is -4.72. The summed E-state index contributed by atoms with van der Waals surface area (Å²) in [4.78, 5) is 39.2. The zero-order chi connectivity index (χ0) is 31.8. The Labute approximate surface area is 247 Å². The molecule has 5 rings (SSSR count). The third-order valence-corrected chi connectivity index (χ3v) is 7.45. The first kappa shape index (κ1) is 30.7. The number of aromatic nitrogens is 3. The van der Waals surface area contributed by atoms with Gasteiger partial charge in [-0.15, -0.1) is 0 Å². The summed E-state index contributed by atoms with van der Waals surface area (Å²) in [5.74, 6) is -5.33. The highest BCUT2D eigenvalue weighted by atomic mass is 19.4. The number of nitrogens with one attached hydrogen (secondary N) is 1. The lowest BCUT2D eigenvalue weighted by atomic mass is 9.97. The molecule has 1 saturated heterocycles. The van der Waals surface area contributed by atoms with Crippen LogP contribution in [-0.2, 0) is 16.0 Å². The van der Waals surface area contributed by atoms with Crippen molar-refractivity contribution < 1.29 is 41.4 Å². The van der Waals surface area contributed by atoms with Crippen LogP contribution in [0.15, 0.2) is 48.8 Å². The predicted molar refractivity (Wildman–Crippen MR) is 149 cm³/mol. The van der Waals surface area contributed by atoms with E-state index >= 15 is 8.78 Å². The van der Waals surface area contributed by atoms with Crippen LogP contribution in [0.3, 0.4) is 0 Å². The molecule has 4 aromatic rings. The number of amides is 1. The Morgan fingerprint density at radius 1 is 1.14 bits per heavy atom. The van der Waals surface area contributed by atoms with E-state index in [2.05, 4.69) is 20.3 Å². The van der Waals surface area contributed by atoms with Gasteiger partial charge in [0.05, 0.1) is 18.7 Å². The number of benzene rings is 2. The second-order valence-electron chi connectivity index (χ2n) is 10.3. The number of aliphatic carboxylic acids is 1. The minimum absolute atomic E-state index is 0.0960. The molecule has 2 aromatic carbocycles. The molecule has 1 aliphatic rings. The number of carboxylic acids is 1. The van der Waals surface area contributed by atoms with Gasteiger partial charge >= 0.3 is 12.1 Å². The van der Waals surface area contributed by atoms with E-state index in [0.717, 1.165) is 16.2 Å². The zero-order valence-electron chi connectivity index (χ0n) is 23.5. The number of carboxylic acid groups (broad SMARTS) is 1. The van der Waals surface area contributed by atoms with Crippen molar-refractivity contribution in [3.63, 3.8) is 0 Å². The molecule has 14 heteroatoms. The number of halogens is 5. The number of anilines is 1.